The summed E-state index contributed by atoms with van der Waals surface area (Å²) in [6.45, 7) is 9.02. The predicted molar refractivity (Wildman–Crippen MR) is 157 cm³/mol. The van der Waals surface area contributed by atoms with Crippen molar-refractivity contribution in [3.8, 4) is 5.69 Å². The molecule has 4 heterocycles. The topological polar surface area (TPSA) is 22.8 Å². The molecule has 7 aromatic rings. The molecule has 0 saturated carbocycles. The lowest BCUT2D eigenvalue weighted by Crippen LogP contribution is -2.53. The zero-order valence-corrected chi connectivity index (χ0v) is 21.5. The third-order valence-corrected chi connectivity index (χ3v) is 8.31. The van der Waals surface area contributed by atoms with Gasteiger partial charge in [0.05, 0.1) is 11.0 Å². The molecule has 0 spiro atoms. The van der Waals surface area contributed by atoms with Gasteiger partial charge in [0.15, 0.2) is 0 Å². The van der Waals surface area contributed by atoms with E-state index in [-0.39, 0.29) is 6.85 Å². The first-order valence-corrected chi connectivity index (χ1v) is 13.0. The molecule has 37 heavy (non-hydrogen) atoms. The fourth-order valence-corrected chi connectivity index (χ4v) is 7.12. The van der Waals surface area contributed by atoms with E-state index < -0.39 is 0 Å². The summed E-state index contributed by atoms with van der Waals surface area (Å²) < 4.78 is 5.09. The molecular weight excluding hydrogens is 449 g/mol. The van der Waals surface area contributed by atoms with Crippen LogP contribution in [-0.4, -0.2) is 20.9 Å². The minimum atomic E-state index is 0.0625. The van der Waals surface area contributed by atoms with Gasteiger partial charge >= 0.3 is 6.85 Å². The molecule has 0 aliphatic carbocycles. The monoisotopic (exact) mass is 475 g/mol. The number of hydrogen-bond acceptors (Lipinski definition) is 1. The lowest BCUT2D eigenvalue weighted by Gasteiger charge is -2.29. The second-order valence-electron chi connectivity index (χ2n) is 10.8. The van der Waals surface area contributed by atoms with Crippen LogP contribution in [0.3, 0.4) is 0 Å². The van der Waals surface area contributed by atoms with Crippen LogP contribution >= 0.6 is 0 Å². The van der Waals surface area contributed by atoms with Gasteiger partial charge in [-0.1, -0.05) is 59.7 Å². The van der Waals surface area contributed by atoms with Crippen LogP contribution in [0.15, 0.2) is 85.2 Å². The molecular formula is C33H26BN3. The van der Waals surface area contributed by atoms with Gasteiger partial charge < -0.3 is 9.05 Å². The Morgan fingerprint density at radius 3 is 2.03 bits per heavy atom. The van der Waals surface area contributed by atoms with Crippen LogP contribution in [0.1, 0.15) is 22.3 Å². The van der Waals surface area contributed by atoms with Gasteiger partial charge in [-0.05, 0) is 74.0 Å². The number of hydrogen-bond donors (Lipinski definition) is 0. The molecule has 0 unspecified atom stereocenters. The second kappa shape index (κ2) is 7.13. The molecule has 176 valence electrons. The Balaban J connectivity index is 1.63. The Kier molecular flexibility index (Phi) is 4.02. The predicted octanol–water partition coefficient (Wildman–Crippen LogP) is 6.49. The van der Waals surface area contributed by atoms with Crippen molar-refractivity contribution in [2.75, 3.05) is 0 Å². The van der Waals surface area contributed by atoms with Gasteiger partial charge in [-0.25, -0.2) is 0 Å². The number of para-hydroxylation sites is 2. The maximum Gasteiger partial charge on any atom is 0.332 e. The van der Waals surface area contributed by atoms with Crippen molar-refractivity contribution in [2.45, 2.75) is 27.7 Å². The third-order valence-electron chi connectivity index (χ3n) is 8.31. The lowest BCUT2D eigenvalue weighted by atomic mass is 9.48. The molecule has 4 heteroatoms. The number of benzene rings is 4. The summed E-state index contributed by atoms with van der Waals surface area (Å²) in [7, 11) is 0. The van der Waals surface area contributed by atoms with Gasteiger partial charge in [0, 0.05) is 50.7 Å². The van der Waals surface area contributed by atoms with E-state index in [0.29, 0.717) is 0 Å². The summed E-state index contributed by atoms with van der Waals surface area (Å²) in [4.78, 5) is 4.49. The van der Waals surface area contributed by atoms with Crippen molar-refractivity contribution in [1.29, 1.82) is 0 Å². The molecule has 3 nitrogen and oxygen atoms in total. The number of nitrogens with zero attached hydrogens (tertiary/aromatic N) is 3. The average Bonchev–Trinajstić information content (AvgIpc) is 3.39. The zero-order valence-electron chi connectivity index (χ0n) is 21.5. The van der Waals surface area contributed by atoms with Crippen LogP contribution in [0.4, 0.5) is 0 Å². The first-order chi connectivity index (χ1) is 18.0. The number of fused-ring (bicyclic) bond motifs is 8. The minimum Gasteiger partial charge on any atom is -0.375 e. The highest BCUT2D eigenvalue weighted by Gasteiger charge is 2.36. The van der Waals surface area contributed by atoms with Crippen LogP contribution in [0.25, 0.3) is 49.3 Å². The molecule has 1 aliphatic heterocycles. The van der Waals surface area contributed by atoms with Gasteiger partial charge in [-0.15, -0.1) is 0 Å². The second-order valence-corrected chi connectivity index (χ2v) is 10.8. The molecule has 8 rings (SSSR count). The van der Waals surface area contributed by atoms with Crippen molar-refractivity contribution >= 4 is 61.4 Å². The number of rotatable bonds is 1. The SMILES string of the molecule is Cc1cc(C)c2c(c1)c1cc(C)cc(C)c1n2B1c2ccccc2-n2c3ccncc3c3cccc1c32. The standard InChI is InChI=1S/C33H26BN3/c1-19-14-21(3)31-24(16-19)25-17-20(2)15-22(4)32(25)37(31)34-27-9-5-6-11-30(27)36-29-12-13-35-18-26(29)23-8-7-10-28(34)33(23)36/h5-18H,1-4H3. The Labute approximate surface area is 216 Å². The lowest BCUT2D eigenvalue weighted by molar-refractivity contribution is 1.17. The first-order valence-electron chi connectivity index (χ1n) is 13.0. The normalized spacial score (nSPS) is 12.8. The molecule has 0 amide bonds. The van der Waals surface area contributed by atoms with E-state index in [1.807, 2.05) is 12.4 Å². The Morgan fingerprint density at radius 1 is 0.622 bits per heavy atom. The molecule has 0 radical (unpaired) electrons. The van der Waals surface area contributed by atoms with Crippen LogP contribution in [0.2, 0.25) is 0 Å². The van der Waals surface area contributed by atoms with Gasteiger partial charge in [-0.3, -0.25) is 4.98 Å². The van der Waals surface area contributed by atoms with E-state index in [1.54, 1.807) is 0 Å². The number of aromatic nitrogens is 3. The largest absolute Gasteiger partial charge is 0.375 e. The molecule has 0 fully saturated rings. The maximum atomic E-state index is 4.49. The summed E-state index contributed by atoms with van der Waals surface area (Å²) in [5.74, 6) is 0. The Morgan fingerprint density at radius 2 is 1.30 bits per heavy atom. The Hall–Kier alpha value is -4.31. The minimum absolute atomic E-state index is 0.0625. The smallest absolute Gasteiger partial charge is 0.332 e. The molecule has 0 saturated heterocycles. The molecule has 0 bridgehead atoms. The van der Waals surface area contributed by atoms with Crippen molar-refractivity contribution in [3.05, 3.63) is 107 Å². The van der Waals surface area contributed by atoms with Gasteiger partial charge in [0.25, 0.3) is 0 Å². The van der Waals surface area contributed by atoms with Crippen LogP contribution in [0.5, 0.6) is 0 Å². The molecule has 1 aliphatic rings. The fourth-order valence-electron chi connectivity index (χ4n) is 7.12. The number of pyridine rings is 1. The van der Waals surface area contributed by atoms with E-state index in [9.17, 15) is 0 Å². The van der Waals surface area contributed by atoms with Crippen molar-refractivity contribution < 1.29 is 0 Å². The summed E-state index contributed by atoms with van der Waals surface area (Å²) in [5.41, 5.74) is 14.3. The van der Waals surface area contributed by atoms with E-state index >= 15 is 0 Å². The maximum absolute atomic E-state index is 4.49. The summed E-state index contributed by atoms with van der Waals surface area (Å²) in [6, 6.07) is 27.3. The zero-order chi connectivity index (χ0) is 25.0. The summed E-state index contributed by atoms with van der Waals surface area (Å²) in [6.07, 6.45) is 3.92. The van der Waals surface area contributed by atoms with Crippen molar-refractivity contribution in [1.82, 2.24) is 14.0 Å². The van der Waals surface area contributed by atoms with Crippen LogP contribution in [0, 0.1) is 27.7 Å². The molecule has 0 atom stereocenters. The molecule has 4 aromatic carbocycles. The van der Waals surface area contributed by atoms with Crippen LogP contribution < -0.4 is 10.9 Å². The summed E-state index contributed by atoms with van der Waals surface area (Å²) in [5, 5.41) is 5.16. The fraction of sp³-hybridized carbons (Fsp3) is 0.121. The number of aryl methyl sites for hydroxylation is 4. The highest BCUT2D eigenvalue weighted by Crippen LogP contribution is 2.38. The van der Waals surface area contributed by atoms with Gasteiger partial charge in [0.2, 0.25) is 0 Å². The molecule has 0 N–H and O–H groups in total. The van der Waals surface area contributed by atoms with Crippen molar-refractivity contribution in [3.63, 3.8) is 0 Å². The average molecular weight is 475 g/mol. The third kappa shape index (κ3) is 2.60. The quantitative estimate of drug-likeness (QED) is 0.249. The van der Waals surface area contributed by atoms with E-state index in [0.717, 1.165) is 0 Å². The van der Waals surface area contributed by atoms with Gasteiger partial charge in [-0.2, -0.15) is 0 Å². The van der Waals surface area contributed by atoms with Crippen LogP contribution in [-0.2, 0) is 0 Å². The van der Waals surface area contributed by atoms with E-state index in [2.05, 4.69) is 115 Å². The van der Waals surface area contributed by atoms with E-state index in [4.69, 9.17) is 0 Å². The highest BCUT2D eigenvalue weighted by atomic mass is 15.0. The summed E-state index contributed by atoms with van der Waals surface area (Å²) >= 11 is 0. The highest BCUT2D eigenvalue weighted by molar-refractivity contribution is 6.88. The van der Waals surface area contributed by atoms with Gasteiger partial charge in [0.1, 0.15) is 0 Å². The molecule has 3 aromatic heterocycles. The van der Waals surface area contributed by atoms with E-state index in [1.165, 1.54) is 82.5 Å². The first kappa shape index (κ1) is 20.8. The Bertz CT molecular complexity index is 2030. The van der Waals surface area contributed by atoms with Crippen molar-refractivity contribution in [2.24, 2.45) is 0 Å².